The molecule has 0 aliphatic rings. The summed E-state index contributed by atoms with van der Waals surface area (Å²) in [5.74, 6) is -0.446. The second-order valence-corrected chi connectivity index (χ2v) is 3.15. The number of halogens is 1. The molecule has 0 unspecified atom stereocenters. The van der Waals surface area contributed by atoms with Crippen molar-refractivity contribution in [2.45, 2.75) is 6.92 Å². The maximum absolute atomic E-state index is 13.3. The molecule has 0 bridgehead atoms. The number of carbonyl (C=O) groups excluding carboxylic acids is 1. The summed E-state index contributed by atoms with van der Waals surface area (Å²) in [6.45, 7) is 2.49. The van der Waals surface area contributed by atoms with Crippen LogP contribution in [0.1, 0.15) is 5.56 Å². The molecule has 0 saturated carbocycles. The highest BCUT2D eigenvalue weighted by Crippen LogP contribution is 2.14. The van der Waals surface area contributed by atoms with Crippen LogP contribution in [-0.2, 0) is 0 Å². The topological polar surface area (TPSA) is 67.2 Å². The van der Waals surface area contributed by atoms with E-state index in [4.69, 9.17) is 5.73 Å². The molecule has 0 heterocycles. The fourth-order valence-corrected chi connectivity index (χ4v) is 1.07. The van der Waals surface area contributed by atoms with Crippen molar-refractivity contribution in [1.82, 2.24) is 5.32 Å². The van der Waals surface area contributed by atoms with Crippen LogP contribution in [0.15, 0.2) is 18.2 Å². The standard InChI is InChI=1S/C10H14FN3O/c1-7-2-3-9(8(11)6-7)14-10(15)13-5-4-12/h2-3,6H,4-5,12H2,1H3,(H2,13,14,15). The molecule has 0 radical (unpaired) electrons. The number of amides is 2. The molecule has 0 aromatic heterocycles. The number of benzene rings is 1. The first-order chi connectivity index (χ1) is 7.13. The highest BCUT2D eigenvalue weighted by Gasteiger charge is 2.05. The molecule has 1 aromatic rings. The first-order valence-electron chi connectivity index (χ1n) is 4.64. The first kappa shape index (κ1) is 11.5. The molecule has 1 aromatic carbocycles. The number of hydrogen-bond acceptors (Lipinski definition) is 2. The molecule has 4 N–H and O–H groups in total. The summed E-state index contributed by atoms with van der Waals surface area (Å²) in [4.78, 5) is 11.2. The van der Waals surface area contributed by atoms with Crippen molar-refractivity contribution in [3.8, 4) is 0 Å². The van der Waals surface area contributed by atoms with E-state index in [9.17, 15) is 9.18 Å². The van der Waals surface area contributed by atoms with Gasteiger partial charge in [0.15, 0.2) is 0 Å². The van der Waals surface area contributed by atoms with Gasteiger partial charge >= 0.3 is 6.03 Å². The van der Waals surface area contributed by atoms with E-state index in [2.05, 4.69) is 10.6 Å². The van der Waals surface area contributed by atoms with Crippen molar-refractivity contribution in [2.75, 3.05) is 18.4 Å². The Balaban J connectivity index is 2.60. The predicted octanol–water partition coefficient (Wildman–Crippen LogP) is 1.21. The average molecular weight is 211 g/mol. The van der Waals surface area contributed by atoms with Gasteiger partial charge in [-0.3, -0.25) is 0 Å². The Morgan fingerprint density at radius 3 is 2.87 bits per heavy atom. The SMILES string of the molecule is Cc1ccc(NC(=O)NCCN)c(F)c1. The monoisotopic (exact) mass is 211 g/mol. The van der Waals surface area contributed by atoms with Crippen LogP contribution in [0.4, 0.5) is 14.9 Å². The van der Waals surface area contributed by atoms with E-state index in [0.29, 0.717) is 13.1 Å². The number of aryl methyl sites for hydroxylation is 1. The van der Waals surface area contributed by atoms with Crippen molar-refractivity contribution in [3.63, 3.8) is 0 Å². The second kappa shape index (κ2) is 5.31. The van der Waals surface area contributed by atoms with Crippen LogP contribution in [0.5, 0.6) is 0 Å². The Bertz CT molecular complexity index is 355. The molecular formula is C10H14FN3O. The smallest absolute Gasteiger partial charge is 0.319 e. The molecule has 5 heteroatoms. The van der Waals surface area contributed by atoms with Crippen LogP contribution in [0.2, 0.25) is 0 Å². The number of hydrogen-bond donors (Lipinski definition) is 3. The van der Waals surface area contributed by atoms with E-state index in [1.165, 1.54) is 12.1 Å². The lowest BCUT2D eigenvalue weighted by molar-refractivity contribution is 0.252. The second-order valence-electron chi connectivity index (χ2n) is 3.15. The molecule has 15 heavy (non-hydrogen) atoms. The lowest BCUT2D eigenvalue weighted by atomic mass is 10.2. The highest BCUT2D eigenvalue weighted by molar-refractivity contribution is 5.89. The van der Waals surface area contributed by atoms with Crippen LogP contribution in [0, 0.1) is 12.7 Å². The lowest BCUT2D eigenvalue weighted by Gasteiger charge is -2.07. The Hall–Kier alpha value is -1.62. The third-order valence-corrected chi connectivity index (χ3v) is 1.80. The summed E-state index contributed by atoms with van der Waals surface area (Å²) >= 11 is 0. The zero-order valence-corrected chi connectivity index (χ0v) is 8.51. The molecule has 0 atom stereocenters. The molecule has 4 nitrogen and oxygen atoms in total. The number of rotatable bonds is 3. The zero-order valence-electron chi connectivity index (χ0n) is 8.51. The maximum atomic E-state index is 13.3. The van der Waals surface area contributed by atoms with Gasteiger partial charge < -0.3 is 16.4 Å². The predicted molar refractivity (Wildman–Crippen MR) is 57.2 cm³/mol. The van der Waals surface area contributed by atoms with Crippen molar-refractivity contribution in [2.24, 2.45) is 5.73 Å². The third kappa shape index (κ3) is 3.55. The summed E-state index contributed by atoms with van der Waals surface area (Å²) in [6.07, 6.45) is 0. The molecular weight excluding hydrogens is 197 g/mol. The minimum atomic E-state index is -0.455. The summed E-state index contributed by atoms with van der Waals surface area (Å²) in [5, 5.41) is 4.87. The van der Waals surface area contributed by atoms with Gasteiger partial charge in [0, 0.05) is 13.1 Å². The minimum Gasteiger partial charge on any atom is -0.337 e. The molecule has 0 saturated heterocycles. The van der Waals surface area contributed by atoms with Gasteiger partial charge in [-0.1, -0.05) is 6.07 Å². The molecule has 2 amide bonds. The van der Waals surface area contributed by atoms with E-state index >= 15 is 0 Å². The maximum Gasteiger partial charge on any atom is 0.319 e. The molecule has 1 rings (SSSR count). The Morgan fingerprint density at radius 2 is 2.27 bits per heavy atom. The summed E-state index contributed by atoms with van der Waals surface area (Å²) < 4.78 is 13.3. The molecule has 0 aliphatic carbocycles. The number of nitrogens with one attached hydrogen (secondary N) is 2. The van der Waals surface area contributed by atoms with Gasteiger partial charge in [-0.05, 0) is 24.6 Å². The van der Waals surface area contributed by atoms with Crippen LogP contribution in [-0.4, -0.2) is 19.1 Å². The Morgan fingerprint density at radius 1 is 1.53 bits per heavy atom. The van der Waals surface area contributed by atoms with Crippen LogP contribution >= 0.6 is 0 Å². The zero-order chi connectivity index (χ0) is 11.3. The van der Waals surface area contributed by atoms with Gasteiger partial charge in [0.25, 0.3) is 0 Å². The number of carbonyl (C=O) groups is 1. The summed E-state index contributed by atoms with van der Waals surface area (Å²) in [6, 6.07) is 4.15. The average Bonchev–Trinajstić information content (AvgIpc) is 2.19. The van der Waals surface area contributed by atoms with Gasteiger partial charge in [-0.25, -0.2) is 9.18 Å². The van der Waals surface area contributed by atoms with E-state index in [1.54, 1.807) is 13.0 Å². The van der Waals surface area contributed by atoms with Crippen LogP contribution in [0.3, 0.4) is 0 Å². The largest absolute Gasteiger partial charge is 0.337 e. The van der Waals surface area contributed by atoms with Crippen molar-refractivity contribution >= 4 is 11.7 Å². The van der Waals surface area contributed by atoms with Gasteiger partial charge in [0.2, 0.25) is 0 Å². The molecule has 82 valence electrons. The fraction of sp³-hybridized carbons (Fsp3) is 0.300. The molecule has 0 spiro atoms. The summed E-state index contributed by atoms with van der Waals surface area (Å²) in [5.41, 5.74) is 6.17. The van der Waals surface area contributed by atoms with E-state index in [1.807, 2.05) is 0 Å². The third-order valence-electron chi connectivity index (χ3n) is 1.80. The van der Waals surface area contributed by atoms with Crippen molar-refractivity contribution in [3.05, 3.63) is 29.6 Å². The fourth-order valence-electron chi connectivity index (χ4n) is 1.07. The van der Waals surface area contributed by atoms with E-state index in [0.717, 1.165) is 5.56 Å². The normalized spacial score (nSPS) is 9.80. The van der Waals surface area contributed by atoms with Gasteiger partial charge in [0.1, 0.15) is 5.82 Å². The van der Waals surface area contributed by atoms with E-state index < -0.39 is 11.8 Å². The summed E-state index contributed by atoms with van der Waals surface area (Å²) in [7, 11) is 0. The Kier molecular flexibility index (Phi) is 4.05. The van der Waals surface area contributed by atoms with Crippen LogP contribution in [0.25, 0.3) is 0 Å². The number of nitrogens with two attached hydrogens (primary N) is 1. The first-order valence-corrected chi connectivity index (χ1v) is 4.64. The quantitative estimate of drug-likeness (QED) is 0.703. The van der Waals surface area contributed by atoms with Gasteiger partial charge in [-0.15, -0.1) is 0 Å². The minimum absolute atomic E-state index is 0.162. The van der Waals surface area contributed by atoms with Crippen molar-refractivity contribution in [1.29, 1.82) is 0 Å². The highest BCUT2D eigenvalue weighted by atomic mass is 19.1. The number of urea groups is 1. The van der Waals surface area contributed by atoms with Crippen LogP contribution < -0.4 is 16.4 Å². The van der Waals surface area contributed by atoms with E-state index in [-0.39, 0.29) is 5.69 Å². The van der Waals surface area contributed by atoms with Gasteiger partial charge in [-0.2, -0.15) is 0 Å². The molecule has 0 aliphatic heterocycles. The Labute approximate surface area is 87.7 Å². The number of anilines is 1. The lowest BCUT2D eigenvalue weighted by Crippen LogP contribution is -2.33. The molecule has 0 fully saturated rings. The van der Waals surface area contributed by atoms with Crippen molar-refractivity contribution < 1.29 is 9.18 Å². The van der Waals surface area contributed by atoms with Gasteiger partial charge in [0.05, 0.1) is 5.69 Å².